The van der Waals surface area contributed by atoms with Crippen molar-refractivity contribution >= 4 is 0 Å². The van der Waals surface area contributed by atoms with Crippen LogP contribution in [-0.2, 0) is 17.6 Å². The second-order valence-electron chi connectivity index (χ2n) is 8.10. The topological polar surface area (TPSA) is 169 Å². The molecule has 3 aliphatic rings. The molecule has 3 aliphatic heterocycles. The van der Waals surface area contributed by atoms with E-state index in [-0.39, 0.29) is 41.6 Å². The van der Waals surface area contributed by atoms with Gasteiger partial charge < -0.3 is 50.0 Å². The van der Waals surface area contributed by atoms with E-state index in [1.807, 2.05) is 0 Å². The molecular weight excluding hydrogens is 412 g/mol. The lowest BCUT2D eigenvalue weighted by Crippen LogP contribution is -2.47. The number of phenols is 3. The number of aliphatic hydroxyl groups excluding tert-OH is 4. The van der Waals surface area contributed by atoms with Gasteiger partial charge in [0.25, 0.3) is 0 Å². The fourth-order valence-corrected chi connectivity index (χ4v) is 4.54. The zero-order valence-electron chi connectivity index (χ0n) is 16.2. The van der Waals surface area contributed by atoms with Crippen LogP contribution < -0.4 is 9.47 Å². The lowest BCUT2D eigenvalue weighted by molar-refractivity contribution is -0.200. The average Bonchev–Trinajstić information content (AvgIpc) is 3.22. The second-order valence-corrected chi connectivity index (χ2v) is 8.10. The van der Waals surface area contributed by atoms with E-state index in [2.05, 4.69) is 0 Å². The summed E-state index contributed by atoms with van der Waals surface area (Å²) in [5.41, 5.74) is 1.22. The molecule has 5 rings (SSSR count). The molecule has 0 saturated carbocycles. The van der Waals surface area contributed by atoms with E-state index < -0.39 is 42.9 Å². The third-order valence-electron chi connectivity index (χ3n) is 6.15. The largest absolute Gasteiger partial charge is 0.507 e. The van der Waals surface area contributed by atoms with Crippen LogP contribution in [0.25, 0.3) is 0 Å². The van der Waals surface area contributed by atoms with Crippen molar-refractivity contribution in [1.82, 2.24) is 0 Å². The molecule has 0 unspecified atom stereocenters. The highest BCUT2D eigenvalue weighted by molar-refractivity contribution is 5.60. The standard InChI is InChI=1S/C21H22O10/c22-7-16-17(27)20(28)21(31-16)6-10-15(30-21)5-12(24)9-4-14(26)18(29-19(9)10)8-1-2-11(23)13(25)3-8/h1-3,5,14,16-18,20,22-28H,4,6-7H2/t14-,16+,17+,18+,20-,21-/m0/s1. The number of ether oxygens (including phenoxy) is 3. The highest BCUT2D eigenvalue weighted by Gasteiger charge is 2.60. The van der Waals surface area contributed by atoms with Crippen LogP contribution in [0.5, 0.6) is 28.7 Å². The molecule has 3 heterocycles. The summed E-state index contributed by atoms with van der Waals surface area (Å²) in [5.74, 6) is -2.08. The van der Waals surface area contributed by atoms with Crippen LogP contribution in [0.4, 0.5) is 0 Å². The first-order valence-electron chi connectivity index (χ1n) is 9.82. The Morgan fingerprint density at radius 2 is 1.74 bits per heavy atom. The van der Waals surface area contributed by atoms with Gasteiger partial charge >= 0.3 is 0 Å². The number of phenolic OH excluding ortho intramolecular Hbond substituents is 3. The first-order chi connectivity index (χ1) is 14.7. The summed E-state index contributed by atoms with van der Waals surface area (Å²) in [6.45, 7) is -0.516. The highest BCUT2D eigenvalue weighted by atomic mass is 16.7. The maximum absolute atomic E-state index is 10.6. The number of aliphatic hydroxyl groups is 4. The first kappa shape index (κ1) is 20.2. The van der Waals surface area contributed by atoms with E-state index in [1.165, 1.54) is 24.3 Å². The summed E-state index contributed by atoms with van der Waals surface area (Å²) in [6, 6.07) is 5.39. The van der Waals surface area contributed by atoms with Crippen LogP contribution in [-0.4, -0.2) is 72.6 Å². The third kappa shape index (κ3) is 2.91. The average molecular weight is 434 g/mol. The van der Waals surface area contributed by atoms with E-state index in [0.29, 0.717) is 16.7 Å². The van der Waals surface area contributed by atoms with Crippen molar-refractivity contribution in [2.45, 2.75) is 49.1 Å². The fourth-order valence-electron chi connectivity index (χ4n) is 4.54. The summed E-state index contributed by atoms with van der Waals surface area (Å²) < 4.78 is 17.5. The molecule has 10 nitrogen and oxygen atoms in total. The molecule has 2 aromatic carbocycles. The summed E-state index contributed by atoms with van der Waals surface area (Å²) in [4.78, 5) is 0. The summed E-state index contributed by atoms with van der Waals surface area (Å²) in [5, 5.41) is 70.5. The van der Waals surface area contributed by atoms with Gasteiger partial charge in [-0.15, -0.1) is 0 Å². The molecule has 0 aliphatic carbocycles. The Kier molecular flexibility index (Phi) is 4.47. The molecule has 6 atom stereocenters. The number of rotatable bonds is 2. The summed E-state index contributed by atoms with van der Waals surface area (Å²) >= 11 is 0. The Hall–Kier alpha value is -2.76. The normalized spacial score (nSPS) is 33.6. The van der Waals surface area contributed by atoms with E-state index >= 15 is 0 Å². The molecule has 1 fully saturated rings. The van der Waals surface area contributed by atoms with Crippen molar-refractivity contribution < 1.29 is 50.0 Å². The van der Waals surface area contributed by atoms with Crippen LogP contribution in [0, 0.1) is 0 Å². The molecule has 0 amide bonds. The Morgan fingerprint density at radius 1 is 0.968 bits per heavy atom. The Balaban J connectivity index is 1.53. The third-order valence-corrected chi connectivity index (χ3v) is 6.15. The smallest absolute Gasteiger partial charge is 0.244 e. The van der Waals surface area contributed by atoms with E-state index in [0.717, 1.165) is 0 Å². The number of benzene rings is 2. The summed E-state index contributed by atoms with van der Waals surface area (Å²) in [6.07, 6.45) is -5.79. The number of hydrogen-bond donors (Lipinski definition) is 7. The van der Waals surface area contributed by atoms with E-state index in [9.17, 15) is 35.7 Å². The highest BCUT2D eigenvalue weighted by Crippen LogP contribution is 2.53. The van der Waals surface area contributed by atoms with E-state index in [4.69, 9.17) is 14.2 Å². The molecule has 31 heavy (non-hydrogen) atoms. The lowest BCUT2D eigenvalue weighted by atomic mass is 9.90. The first-order valence-corrected chi connectivity index (χ1v) is 9.82. The Labute approximate surface area is 176 Å². The maximum atomic E-state index is 10.6. The fraction of sp³-hybridized carbons (Fsp3) is 0.429. The predicted octanol–water partition coefficient (Wildman–Crippen LogP) is -0.415. The van der Waals surface area contributed by atoms with Crippen LogP contribution >= 0.6 is 0 Å². The molecule has 7 N–H and O–H groups in total. The minimum atomic E-state index is -1.65. The molecule has 1 spiro atoms. The Morgan fingerprint density at radius 3 is 2.42 bits per heavy atom. The number of aromatic hydroxyl groups is 3. The quantitative estimate of drug-likeness (QED) is 0.308. The van der Waals surface area contributed by atoms with Crippen LogP contribution in [0.3, 0.4) is 0 Å². The van der Waals surface area contributed by atoms with Crippen LogP contribution in [0.15, 0.2) is 24.3 Å². The second kappa shape index (κ2) is 6.87. The van der Waals surface area contributed by atoms with Gasteiger partial charge in [-0.2, -0.15) is 0 Å². The van der Waals surface area contributed by atoms with Crippen molar-refractivity contribution in [2.24, 2.45) is 0 Å². The molecule has 2 aromatic rings. The maximum Gasteiger partial charge on any atom is 0.244 e. The van der Waals surface area contributed by atoms with Crippen LogP contribution in [0.2, 0.25) is 0 Å². The summed E-state index contributed by atoms with van der Waals surface area (Å²) in [7, 11) is 0. The van der Waals surface area contributed by atoms with Gasteiger partial charge in [-0.3, -0.25) is 0 Å². The van der Waals surface area contributed by atoms with Crippen molar-refractivity contribution in [3.8, 4) is 28.7 Å². The number of fused-ring (bicyclic) bond motifs is 3. The van der Waals surface area contributed by atoms with Gasteiger partial charge in [0, 0.05) is 30.0 Å². The molecule has 0 radical (unpaired) electrons. The van der Waals surface area contributed by atoms with Crippen molar-refractivity contribution in [2.75, 3.05) is 6.61 Å². The molecule has 10 heteroatoms. The molecule has 1 saturated heterocycles. The van der Waals surface area contributed by atoms with Gasteiger partial charge in [0.1, 0.15) is 41.7 Å². The zero-order valence-corrected chi connectivity index (χ0v) is 16.2. The Bertz CT molecular complexity index is 1040. The predicted molar refractivity (Wildman–Crippen MR) is 102 cm³/mol. The van der Waals surface area contributed by atoms with Gasteiger partial charge in [0.05, 0.1) is 12.7 Å². The van der Waals surface area contributed by atoms with Crippen molar-refractivity contribution in [3.05, 3.63) is 41.0 Å². The van der Waals surface area contributed by atoms with Gasteiger partial charge in [-0.05, 0) is 17.7 Å². The number of hydrogen-bond acceptors (Lipinski definition) is 10. The molecule has 166 valence electrons. The molecular formula is C21H22O10. The minimum Gasteiger partial charge on any atom is -0.507 e. The van der Waals surface area contributed by atoms with E-state index in [1.54, 1.807) is 0 Å². The molecule has 0 aromatic heterocycles. The van der Waals surface area contributed by atoms with Gasteiger partial charge in [0.15, 0.2) is 11.5 Å². The van der Waals surface area contributed by atoms with Gasteiger partial charge in [0.2, 0.25) is 5.79 Å². The zero-order chi connectivity index (χ0) is 22.1. The van der Waals surface area contributed by atoms with Gasteiger partial charge in [-0.1, -0.05) is 6.07 Å². The van der Waals surface area contributed by atoms with Crippen LogP contribution in [0.1, 0.15) is 22.8 Å². The SMILES string of the molecule is OC[C@H]1O[C@@]2(Cc3c(cc(O)c4c3O[C@H](c3ccc(O)c(O)c3)[C@@H](O)C4)O2)[C@@H](O)[C@@H]1O. The van der Waals surface area contributed by atoms with Crippen molar-refractivity contribution in [1.29, 1.82) is 0 Å². The van der Waals surface area contributed by atoms with Gasteiger partial charge in [-0.25, -0.2) is 0 Å². The lowest BCUT2D eigenvalue weighted by Gasteiger charge is -2.32. The van der Waals surface area contributed by atoms with Crippen molar-refractivity contribution in [3.63, 3.8) is 0 Å². The minimum absolute atomic E-state index is 0.0245. The molecule has 0 bridgehead atoms. The monoisotopic (exact) mass is 434 g/mol.